The van der Waals surface area contributed by atoms with Crippen molar-refractivity contribution in [2.75, 3.05) is 6.54 Å². The molecule has 1 aromatic carbocycles. The van der Waals surface area contributed by atoms with Crippen LogP contribution in [0.25, 0.3) is 0 Å². The van der Waals surface area contributed by atoms with E-state index in [0.717, 1.165) is 37.1 Å². The third-order valence-electron chi connectivity index (χ3n) is 6.70. The molecule has 30 heavy (non-hydrogen) atoms. The van der Waals surface area contributed by atoms with Crippen LogP contribution in [-0.2, 0) is 4.79 Å². The first-order chi connectivity index (χ1) is 14.2. The number of hydrogen-bond acceptors (Lipinski definition) is 2. The lowest BCUT2D eigenvalue weighted by atomic mass is 9.73. The van der Waals surface area contributed by atoms with Crippen molar-refractivity contribution in [3.8, 4) is 0 Å². The molecule has 5 heteroatoms. The predicted octanol–water partition coefficient (Wildman–Crippen LogP) is 5.60. The first-order valence-electron chi connectivity index (χ1n) is 11.5. The maximum absolute atomic E-state index is 12.4. The van der Waals surface area contributed by atoms with Crippen LogP contribution in [0.4, 0.5) is 0 Å². The van der Waals surface area contributed by atoms with Crippen LogP contribution in [0.3, 0.4) is 0 Å². The molecule has 166 valence electrons. The molecule has 4 atom stereocenters. The van der Waals surface area contributed by atoms with Gasteiger partial charge in [0.05, 0.1) is 0 Å². The van der Waals surface area contributed by atoms with Gasteiger partial charge in [-0.15, -0.1) is 0 Å². The summed E-state index contributed by atoms with van der Waals surface area (Å²) in [5.74, 6) is 2.98. The van der Waals surface area contributed by atoms with E-state index in [1.54, 1.807) is 24.3 Å². The lowest BCUT2D eigenvalue weighted by Crippen LogP contribution is -2.40. The van der Waals surface area contributed by atoms with Crippen molar-refractivity contribution >= 4 is 23.4 Å². The highest BCUT2D eigenvalue weighted by molar-refractivity contribution is 6.30. The van der Waals surface area contributed by atoms with Crippen LogP contribution in [0.1, 0.15) is 82.5 Å². The summed E-state index contributed by atoms with van der Waals surface area (Å²) in [5, 5.41) is 6.86. The van der Waals surface area contributed by atoms with E-state index in [1.165, 1.54) is 32.1 Å². The molecule has 1 aromatic rings. The number of benzene rings is 1. The molecule has 3 aliphatic carbocycles. The molecular formula is C25H37ClN2O2. The van der Waals surface area contributed by atoms with Gasteiger partial charge in [-0.2, -0.15) is 0 Å². The molecular weight excluding hydrogens is 396 g/mol. The molecule has 4 rings (SSSR count). The van der Waals surface area contributed by atoms with E-state index in [9.17, 15) is 9.59 Å². The van der Waals surface area contributed by atoms with Crippen LogP contribution in [0.2, 0.25) is 5.02 Å². The zero-order chi connectivity index (χ0) is 21.7. The largest absolute Gasteiger partial charge is 0.352 e. The molecule has 0 aliphatic heterocycles. The Labute approximate surface area is 186 Å². The van der Waals surface area contributed by atoms with Crippen LogP contribution in [-0.4, -0.2) is 23.9 Å². The predicted molar refractivity (Wildman–Crippen MR) is 123 cm³/mol. The van der Waals surface area contributed by atoms with Crippen molar-refractivity contribution in [3.05, 3.63) is 34.9 Å². The summed E-state index contributed by atoms with van der Waals surface area (Å²) in [6, 6.07) is 7.07. The molecule has 0 spiro atoms. The van der Waals surface area contributed by atoms with Crippen LogP contribution in [0.15, 0.2) is 24.3 Å². The van der Waals surface area contributed by atoms with Gasteiger partial charge >= 0.3 is 0 Å². The molecule has 4 nitrogen and oxygen atoms in total. The quantitative estimate of drug-likeness (QED) is 0.589. The Morgan fingerprint density at radius 3 is 2.50 bits per heavy atom. The smallest absolute Gasteiger partial charge is 0.251 e. The molecule has 0 radical (unpaired) electrons. The van der Waals surface area contributed by atoms with Crippen molar-refractivity contribution in [1.29, 1.82) is 0 Å². The van der Waals surface area contributed by atoms with E-state index in [4.69, 9.17) is 11.6 Å². The van der Waals surface area contributed by atoms with E-state index in [1.807, 2.05) is 20.8 Å². The number of amides is 2. The van der Waals surface area contributed by atoms with Crippen molar-refractivity contribution in [1.82, 2.24) is 10.6 Å². The zero-order valence-corrected chi connectivity index (χ0v) is 19.4. The summed E-state index contributed by atoms with van der Waals surface area (Å²) >= 11 is 5.91. The summed E-state index contributed by atoms with van der Waals surface area (Å²) in [4.78, 5) is 24.5. The summed E-state index contributed by atoms with van der Waals surface area (Å²) < 4.78 is 0. The maximum atomic E-state index is 12.4. The Kier molecular flexibility index (Phi) is 7.84. The first kappa shape index (κ1) is 23.1. The standard InChI is InChI=1S/C25H37ClN2O2/c1-25(2,3)28-23(29)6-4-5-20-14-17-7-8-21(20)15-18(13-17)16-27-24(30)19-9-11-22(26)12-10-19/h9-12,17-18,20-21H,4-8,13-16H2,1-3H3,(H,27,30)(H,28,29)/t17-,18-,20?,21+/m0/s1. The molecule has 2 amide bonds. The maximum Gasteiger partial charge on any atom is 0.251 e. The molecule has 3 saturated carbocycles. The third kappa shape index (κ3) is 7.01. The first-order valence-corrected chi connectivity index (χ1v) is 11.9. The fourth-order valence-electron chi connectivity index (χ4n) is 5.41. The Morgan fingerprint density at radius 2 is 1.80 bits per heavy atom. The van der Waals surface area contributed by atoms with E-state index in [0.29, 0.717) is 22.9 Å². The number of carbonyl (C=O) groups is 2. The highest BCUT2D eigenvalue weighted by Gasteiger charge is 2.37. The van der Waals surface area contributed by atoms with Crippen molar-refractivity contribution < 1.29 is 9.59 Å². The number of fused-ring (bicyclic) bond motifs is 4. The highest BCUT2D eigenvalue weighted by Crippen LogP contribution is 2.46. The molecule has 1 unspecified atom stereocenters. The summed E-state index contributed by atoms with van der Waals surface area (Å²) in [7, 11) is 0. The Morgan fingerprint density at radius 1 is 1.07 bits per heavy atom. The minimum atomic E-state index is -0.151. The van der Waals surface area contributed by atoms with Gasteiger partial charge in [-0.1, -0.05) is 18.0 Å². The number of halogens is 1. The molecule has 0 heterocycles. The van der Waals surface area contributed by atoms with Crippen LogP contribution in [0, 0.1) is 23.7 Å². The zero-order valence-electron chi connectivity index (χ0n) is 18.7. The fourth-order valence-corrected chi connectivity index (χ4v) is 5.54. The number of carbonyl (C=O) groups excluding carboxylic acids is 2. The van der Waals surface area contributed by atoms with Gasteiger partial charge in [0.25, 0.3) is 5.91 Å². The van der Waals surface area contributed by atoms with Gasteiger partial charge in [0, 0.05) is 29.1 Å². The minimum absolute atomic E-state index is 0.00956. The molecule has 2 bridgehead atoms. The highest BCUT2D eigenvalue weighted by atomic mass is 35.5. The van der Waals surface area contributed by atoms with Crippen LogP contribution >= 0.6 is 11.6 Å². The van der Waals surface area contributed by atoms with Crippen LogP contribution < -0.4 is 10.6 Å². The van der Waals surface area contributed by atoms with Crippen LogP contribution in [0.5, 0.6) is 0 Å². The van der Waals surface area contributed by atoms with Gasteiger partial charge in [-0.3, -0.25) is 9.59 Å². The minimum Gasteiger partial charge on any atom is -0.352 e. The molecule has 3 aliphatic rings. The fraction of sp³-hybridized carbons (Fsp3) is 0.680. The van der Waals surface area contributed by atoms with E-state index in [-0.39, 0.29) is 17.4 Å². The second-order valence-electron chi connectivity index (χ2n) is 10.4. The number of nitrogens with one attached hydrogen (secondary N) is 2. The normalized spacial score (nSPS) is 26.1. The van der Waals surface area contributed by atoms with Gasteiger partial charge in [-0.25, -0.2) is 0 Å². The Balaban J connectivity index is 1.45. The van der Waals surface area contributed by atoms with Gasteiger partial charge in [-0.05, 0) is 107 Å². The lowest BCUT2D eigenvalue weighted by Gasteiger charge is -2.32. The average molecular weight is 433 g/mol. The van der Waals surface area contributed by atoms with E-state index < -0.39 is 0 Å². The number of rotatable bonds is 7. The Hall–Kier alpha value is -1.55. The second kappa shape index (κ2) is 10.2. The summed E-state index contributed by atoms with van der Waals surface area (Å²) in [6.07, 6.45) is 9.13. The van der Waals surface area contributed by atoms with Gasteiger partial charge in [0.15, 0.2) is 0 Å². The monoisotopic (exact) mass is 432 g/mol. The van der Waals surface area contributed by atoms with Gasteiger partial charge < -0.3 is 10.6 Å². The van der Waals surface area contributed by atoms with Crippen molar-refractivity contribution in [2.45, 2.75) is 77.7 Å². The van der Waals surface area contributed by atoms with Gasteiger partial charge in [0.2, 0.25) is 5.91 Å². The summed E-state index contributed by atoms with van der Waals surface area (Å²) in [6.45, 7) is 6.85. The lowest BCUT2D eigenvalue weighted by molar-refractivity contribution is -0.122. The molecule has 0 aromatic heterocycles. The summed E-state index contributed by atoms with van der Waals surface area (Å²) in [5.41, 5.74) is 0.518. The second-order valence-corrected chi connectivity index (χ2v) is 10.9. The molecule has 2 N–H and O–H groups in total. The third-order valence-corrected chi connectivity index (χ3v) is 6.95. The van der Waals surface area contributed by atoms with E-state index >= 15 is 0 Å². The van der Waals surface area contributed by atoms with Crippen molar-refractivity contribution in [3.63, 3.8) is 0 Å². The van der Waals surface area contributed by atoms with Gasteiger partial charge in [0.1, 0.15) is 0 Å². The molecule has 0 saturated heterocycles. The Bertz CT molecular complexity index is 726. The van der Waals surface area contributed by atoms with Crippen molar-refractivity contribution in [2.24, 2.45) is 23.7 Å². The van der Waals surface area contributed by atoms with E-state index in [2.05, 4.69) is 10.6 Å². The average Bonchev–Trinajstić information content (AvgIpc) is 2.96. The topological polar surface area (TPSA) is 58.2 Å². The SMILES string of the molecule is CC(C)(C)NC(=O)CCCC1C[C@H]2CC[C@@H]1C[C@@H](CNC(=O)c1ccc(Cl)cc1)C2. The number of hydrogen-bond donors (Lipinski definition) is 2. The molecule has 3 fully saturated rings.